The first-order valence-electron chi connectivity index (χ1n) is 6.58. The van der Waals surface area contributed by atoms with E-state index >= 15 is 0 Å². The van der Waals surface area contributed by atoms with Crippen LogP contribution in [0.4, 0.5) is 0 Å². The van der Waals surface area contributed by atoms with Crippen LogP contribution < -0.4 is 5.32 Å². The van der Waals surface area contributed by atoms with E-state index in [1.165, 1.54) is 38.5 Å². The lowest BCUT2D eigenvalue weighted by Gasteiger charge is -2.08. The predicted molar refractivity (Wildman–Crippen MR) is 67.3 cm³/mol. The SMILES string of the molecule is CCCCCCCCOCCNC(C)C. The summed E-state index contributed by atoms with van der Waals surface area (Å²) in [7, 11) is 0. The lowest BCUT2D eigenvalue weighted by molar-refractivity contribution is 0.130. The number of unbranched alkanes of at least 4 members (excludes halogenated alkanes) is 5. The van der Waals surface area contributed by atoms with Gasteiger partial charge in [-0.3, -0.25) is 0 Å². The Morgan fingerprint density at radius 1 is 0.933 bits per heavy atom. The fraction of sp³-hybridized carbons (Fsp3) is 1.00. The zero-order valence-corrected chi connectivity index (χ0v) is 10.8. The third-order valence-corrected chi connectivity index (χ3v) is 2.44. The van der Waals surface area contributed by atoms with Gasteiger partial charge in [-0.05, 0) is 6.42 Å². The summed E-state index contributed by atoms with van der Waals surface area (Å²) >= 11 is 0. The molecule has 0 aromatic carbocycles. The van der Waals surface area contributed by atoms with Gasteiger partial charge >= 0.3 is 0 Å². The molecule has 92 valence electrons. The second-order valence-electron chi connectivity index (χ2n) is 4.49. The molecule has 0 heterocycles. The van der Waals surface area contributed by atoms with Crippen molar-refractivity contribution in [2.24, 2.45) is 0 Å². The maximum Gasteiger partial charge on any atom is 0.0590 e. The van der Waals surface area contributed by atoms with E-state index in [9.17, 15) is 0 Å². The molecule has 0 saturated carbocycles. The van der Waals surface area contributed by atoms with Gasteiger partial charge in [0.2, 0.25) is 0 Å². The summed E-state index contributed by atoms with van der Waals surface area (Å²) in [5.41, 5.74) is 0. The van der Waals surface area contributed by atoms with Crippen molar-refractivity contribution < 1.29 is 4.74 Å². The third kappa shape index (κ3) is 13.9. The van der Waals surface area contributed by atoms with Gasteiger partial charge in [0.05, 0.1) is 6.61 Å². The summed E-state index contributed by atoms with van der Waals surface area (Å²) in [6, 6.07) is 0.572. The van der Waals surface area contributed by atoms with Crippen LogP contribution in [-0.2, 0) is 4.74 Å². The minimum absolute atomic E-state index is 0.572. The highest BCUT2D eigenvalue weighted by molar-refractivity contribution is 4.51. The molecule has 2 nitrogen and oxygen atoms in total. The molecule has 0 spiro atoms. The Bertz CT molecular complexity index is 115. The van der Waals surface area contributed by atoms with E-state index in [2.05, 4.69) is 26.1 Å². The minimum atomic E-state index is 0.572. The van der Waals surface area contributed by atoms with Gasteiger partial charge in [0, 0.05) is 19.2 Å². The van der Waals surface area contributed by atoms with Crippen LogP contribution in [0, 0.1) is 0 Å². The number of hydrogen-bond acceptors (Lipinski definition) is 2. The van der Waals surface area contributed by atoms with Gasteiger partial charge in [-0.15, -0.1) is 0 Å². The van der Waals surface area contributed by atoms with Crippen molar-refractivity contribution in [1.82, 2.24) is 5.32 Å². The van der Waals surface area contributed by atoms with Gasteiger partial charge < -0.3 is 10.1 Å². The first kappa shape index (κ1) is 14.9. The van der Waals surface area contributed by atoms with Crippen molar-refractivity contribution in [3.05, 3.63) is 0 Å². The molecule has 0 saturated heterocycles. The van der Waals surface area contributed by atoms with Gasteiger partial charge in [-0.25, -0.2) is 0 Å². The van der Waals surface area contributed by atoms with Gasteiger partial charge in [0.15, 0.2) is 0 Å². The highest BCUT2D eigenvalue weighted by Crippen LogP contribution is 2.04. The van der Waals surface area contributed by atoms with Crippen LogP contribution in [0.1, 0.15) is 59.3 Å². The molecule has 0 unspecified atom stereocenters. The summed E-state index contributed by atoms with van der Waals surface area (Å²) < 4.78 is 5.53. The average molecular weight is 215 g/mol. The molecule has 2 heteroatoms. The summed E-state index contributed by atoms with van der Waals surface area (Å²) in [5.74, 6) is 0. The normalized spacial score (nSPS) is 11.2. The quantitative estimate of drug-likeness (QED) is 0.534. The van der Waals surface area contributed by atoms with Crippen LogP contribution in [0.25, 0.3) is 0 Å². The zero-order valence-electron chi connectivity index (χ0n) is 10.8. The Balaban J connectivity index is 2.87. The first-order valence-corrected chi connectivity index (χ1v) is 6.58. The molecule has 0 aliphatic rings. The lowest BCUT2D eigenvalue weighted by Crippen LogP contribution is -2.26. The van der Waals surface area contributed by atoms with Gasteiger partial charge in [0.25, 0.3) is 0 Å². The molecule has 0 aromatic heterocycles. The van der Waals surface area contributed by atoms with Gasteiger partial charge in [-0.2, -0.15) is 0 Å². The zero-order chi connectivity index (χ0) is 11.4. The number of ether oxygens (including phenoxy) is 1. The smallest absolute Gasteiger partial charge is 0.0590 e. The van der Waals surface area contributed by atoms with E-state index in [1.54, 1.807) is 0 Å². The van der Waals surface area contributed by atoms with E-state index in [4.69, 9.17) is 4.74 Å². The van der Waals surface area contributed by atoms with E-state index in [-0.39, 0.29) is 0 Å². The monoisotopic (exact) mass is 215 g/mol. The van der Waals surface area contributed by atoms with Crippen LogP contribution >= 0.6 is 0 Å². The molecule has 0 aliphatic carbocycles. The number of nitrogens with one attached hydrogen (secondary N) is 1. The second-order valence-corrected chi connectivity index (χ2v) is 4.49. The van der Waals surface area contributed by atoms with Crippen LogP contribution in [0.15, 0.2) is 0 Å². The van der Waals surface area contributed by atoms with Gasteiger partial charge in [-0.1, -0.05) is 52.9 Å². The van der Waals surface area contributed by atoms with E-state index in [1.807, 2.05) is 0 Å². The molecule has 0 aromatic rings. The largest absolute Gasteiger partial charge is 0.380 e. The third-order valence-electron chi connectivity index (χ3n) is 2.44. The maximum absolute atomic E-state index is 5.53. The molecule has 0 rings (SSSR count). The number of rotatable bonds is 11. The highest BCUT2D eigenvalue weighted by Gasteiger charge is 1.93. The number of hydrogen-bond donors (Lipinski definition) is 1. The van der Waals surface area contributed by atoms with E-state index in [0.29, 0.717) is 6.04 Å². The first-order chi connectivity index (χ1) is 7.27. The van der Waals surface area contributed by atoms with Crippen molar-refractivity contribution in [2.45, 2.75) is 65.3 Å². The molecule has 0 radical (unpaired) electrons. The average Bonchev–Trinajstić information content (AvgIpc) is 2.20. The lowest BCUT2D eigenvalue weighted by atomic mass is 10.1. The Morgan fingerprint density at radius 3 is 2.27 bits per heavy atom. The minimum Gasteiger partial charge on any atom is -0.380 e. The Labute approximate surface area is 95.8 Å². The summed E-state index contributed by atoms with van der Waals surface area (Å²) in [6.45, 7) is 9.35. The Hall–Kier alpha value is -0.0800. The molecule has 0 amide bonds. The van der Waals surface area contributed by atoms with Crippen LogP contribution in [0.5, 0.6) is 0 Å². The molecule has 0 bridgehead atoms. The molecule has 1 N–H and O–H groups in total. The molecule has 0 atom stereocenters. The van der Waals surface area contributed by atoms with E-state index in [0.717, 1.165) is 19.8 Å². The van der Waals surface area contributed by atoms with Crippen LogP contribution in [0.2, 0.25) is 0 Å². The fourth-order valence-corrected chi connectivity index (χ4v) is 1.51. The predicted octanol–water partition coefficient (Wildman–Crippen LogP) is 3.36. The second kappa shape index (κ2) is 12.0. The topological polar surface area (TPSA) is 21.3 Å². The summed E-state index contributed by atoms with van der Waals surface area (Å²) in [5, 5.41) is 3.34. The van der Waals surface area contributed by atoms with Crippen molar-refractivity contribution in [3.8, 4) is 0 Å². The van der Waals surface area contributed by atoms with Crippen molar-refractivity contribution in [1.29, 1.82) is 0 Å². The van der Waals surface area contributed by atoms with Crippen LogP contribution in [0.3, 0.4) is 0 Å². The molecular formula is C13H29NO. The fourth-order valence-electron chi connectivity index (χ4n) is 1.51. The molecule has 0 fully saturated rings. The summed E-state index contributed by atoms with van der Waals surface area (Å²) in [4.78, 5) is 0. The Morgan fingerprint density at radius 2 is 1.60 bits per heavy atom. The van der Waals surface area contributed by atoms with Crippen LogP contribution in [-0.4, -0.2) is 25.8 Å². The maximum atomic E-state index is 5.53. The molecular weight excluding hydrogens is 186 g/mol. The van der Waals surface area contributed by atoms with E-state index < -0.39 is 0 Å². The standard InChI is InChI=1S/C13H29NO/c1-4-5-6-7-8-9-11-15-12-10-14-13(2)3/h13-14H,4-12H2,1-3H3. The van der Waals surface area contributed by atoms with Crippen molar-refractivity contribution in [3.63, 3.8) is 0 Å². The molecule has 15 heavy (non-hydrogen) atoms. The Kier molecular flexibility index (Phi) is 11.9. The summed E-state index contributed by atoms with van der Waals surface area (Å²) in [6.07, 6.45) is 8.05. The van der Waals surface area contributed by atoms with Crippen molar-refractivity contribution >= 4 is 0 Å². The molecule has 0 aliphatic heterocycles. The van der Waals surface area contributed by atoms with Gasteiger partial charge in [0.1, 0.15) is 0 Å². The highest BCUT2D eigenvalue weighted by atomic mass is 16.5. The van der Waals surface area contributed by atoms with Crippen molar-refractivity contribution in [2.75, 3.05) is 19.8 Å².